The molecule has 0 bridgehead atoms. The van der Waals surface area contributed by atoms with E-state index in [0.29, 0.717) is 48.4 Å². The minimum Gasteiger partial charge on any atom is -0.333 e. The predicted octanol–water partition coefficient (Wildman–Crippen LogP) is 2.05. The zero-order valence-corrected chi connectivity index (χ0v) is 16.1. The second-order valence-electron chi connectivity index (χ2n) is 7.24. The maximum absolute atomic E-state index is 13.4. The third-order valence-electron chi connectivity index (χ3n) is 5.39. The number of fused-ring (bicyclic) bond motifs is 3. The second-order valence-corrected chi connectivity index (χ2v) is 7.24. The molecule has 0 radical (unpaired) electrons. The van der Waals surface area contributed by atoms with Crippen LogP contribution in [0.1, 0.15) is 35.1 Å². The zero-order valence-electron chi connectivity index (χ0n) is 16.1. The standard InChI is InChI=1S/C21H20N6O2/c1-2-7-26-17(21(29)25-9-6-16-14(12-25)11-22-13-23-16)10-15-19(26)24-18-5-3-4-8-27(18)20(15)28/h3-5,8,10-11,13H,2,6-7,9,12H2,1H3. The summed E-state index contributed by atoms with van der Waals surface area (Å²) < 4.78 is 3.39. The Morgan fingerprint density at radius 1 is 1.28 bits per heavy atom. The normalized spacial score (nSPS) is 13.8. The minimum atomic E-state index is -0.160. The summed E-state index contributed by atoms with van der Waals surface area (Å²) in [5.74, 6) is -0.0978. The Morgan fingerprint density at radius 3 is 3.03 bits per heavy atom. The molecule has 0 N–H and O–H groups in total. The lowest BCUT2D eigenvalue weighted by atomic mass is 10.1. The molecule has 4 aromatic rings. The summed E-state index contributed by atoms with van der Waals surface area (Å²) in [5, 5.41) is 0.464. The lowest BCUT2D eigenvalue weighted by Crippen LogP contribution is -2.37. The number of hydrogen-bond donors (Lipinski definition) is 0. The van der Waals surface area contributed by atoms with E-state index in [9.17, 15) is 9.59 Å². The molecule has 8 heteroatoms. The summed E-state index contributed by atoms with van der Waals surface area (Å²) in [7, 11) is 0. The zero-order chi connectivity index (χ0) is 20.0. The van der Waals surface area contributed by atoms with Crippen LogP contribution in [-0.4, -0.2) is 41.3 Å². The van der Waals surface area contributed by atoms with Crippen molar-refractivity contribution >= 4 is 22.6 Å². The van der Waals surface area contributed by atoms with Gasteiger partial charge in [-0.05, 0) is 24.6 Å². The van der Waals surface area contributed by atoms with Crippen molar-refractivity contribution in [3.63, 3.8) is 0 Å². The Hall–Kier alpha value is -3.55. The van der Waals surface area contributed by atoms with Crippen LogP contribution in [0.25, 0.3) is 16.7 Å². The first-order valence-electron chi connectivity index (χ1n) is 9.75. The first-order valence-corrected chi connectivity index (χ1v) is 9.75. The van der Waals surface area contributed by atoms with Crippen LogP contribution in [0.2, 0.25) is 0 Å². The fraction of sp³-hybridized carbons (Fsp3) is 0.286. The fourth-order valence-electron chi connectivity index (χ4n) is 3.98. The first kappa shape index (κ1) is 17.5. The number of carbonyl (C=O) groups is 1. The van der Waals surface area contributed by atoms with E-state index in [1.165, 1.54) is 4.40 Å². The molecule has 5 rings (SSSR count). The van der Waals surface area contributed by atoms with Crippen LogP contribution in [0.15, 0.2) is 47.8 Å². The van der Waals surface area contributed by atoms with Crippen molar-refractivity contribution in [3.8, 4) is 0 Å². The van der Waals surface area contributed by atoms with E-state index in [2.05, 4.69) is 15.0 Å². The van der Waals surface area contributed by atoms with E-state index in [0.717, 1.165) is 17.7 Å². The molecule has 0 saturated carbocycles. The molecule has 1 aliphatic rings. The highest BCUT2D eigenvalue weighted by Crippen LogP contribution is 2.22. The molecule has 0 atom stereocenters. The van der Waals surface area contributed by atoms with Crippen molar-refractivity contribution in [2.75, 3.05) is 6.54 Å². The molecule has 5 heterocycles. The number of amides is 1. The maximum Gasteiger partial charge on any atom is 0.270 e. The summed E-state index contributed by atoms with van der Waals surface area (Å²) in [4.78, 5) is 41.2. The predicted molar refractivity (Wildman–Crippen MR) is 108 cm³/mol. The van der Waals surface area contributed by atoms with Crippen molar-refractivity contribution in [2.45, 2.75) is 32.9 Å². The van der Waals surface area contributed by atoms with Crippen molar-refractivity contribution in [1.29, 1.82) is 0 Å². The van der Waals surface area contributed by atoms with Gasteiger partial charge in [-0.1, -0.05) is 13.0 Å². The van der Waals surface area contributed by atoms with E-state index in [1.807, 2.05) is 17.6 Å². The van der Waals surface area contributed by atoms with Gasteiger partial charge in [0.05, 0.1) is 11.1 Å². The van der Waals surface area contributed by atoms with Crippen LogP contribution in [0.4, 0.5) is 0 Å². The molecule has 1 aliphatic heterocycles. The molecule has 0 unspecified atom stereocenters. The number of rotatable bonds is 3. The highest BCUT2D eigenvalue weighted by molar-refractivity contribution is 5.98. The van der Waals surface area contributed by atoms with E-state index in [-0.39, 0.29) is 11.5 Å². The highest BCUT2D eigenvalue weighted by atomic mass is 16.2. The fourth-order valence-corrected chi connectivity index (χ4v) is 3.98. The highest BCUT2D eigenvalue weighted by Gasteiger charge is 2.27. The number of carbonyl (C=O) groups excluding carboxylic acids is 1. The molecule has 0 aliphatic carbocycles. The first-order chi connectivity index (χ1) is 14.2. The smallest absolute Gasteiger partial charge is 0.270 e. The van der Waals surface area contributed by atoms with Gasteiger partial charge in [0.1, 0.15) is 23.3 Å². The molecule has 29 heavy (non-hydrogen) atoms. The summed E-state index contributed by atoms with van der Waals surface area (Å²) >= 11 is 0. The Balaban J connectivity index is 1.63. The Bertz CT molecular complexity index is 1310. The molecular formula is C21H20N6O2. The Morgan fingerprint density at radius 2 is 2.17 bits per heavy atom. The van der Waals surface area contributed by atoms with Gasteiger partial charge in [-0.2, -0.15) is 0 Å². The summed E-state index contributed by atoms with van der Waals surface area (Å²) in [6, 6.07) is 7.14. The van der Waals surface area contributed by atoms with Gasteiger partial charge in [-0.25, -0.2) is 15.0 Å². The number of nitrogens with zero attached hydrogens (tertiary/aromatic N) is 6. The third kappa shape index (κ3) is 2.79. The van der Waals surface area contributed by atoms with Gasteiger partial charge in [-0.15, -0.1) is 0 Å². The minimum absolute atomic E-state index is 0.0978. The third-order valence-corrected chi connectivity index (χ3v) is 5.39. The number of aryl methyl sites for hydroxylation is 1. The molecule has 146 valence electrons. The summed E-state index contributed by atoms with van der Waals surface area (Å²) in [6.07, 6.45) is 6.53. The van der Waals surface area contributed by atoms with E-state index in [1.54, 1.807) is 41.8 Å². The summed E-state index contributed by atoms with van der Waals surface area (Å²) in [6.45, 7) is 3.72. The number of pyridine rings is 1. The van der Waals surface area contributed by atoms with Gasteiger partial charge in [0.15, 0.2) is 0 Å². The van der Waals surface area contributed by atoms with Crippen LogP contribution >= 0.6 is 0 Å². The van der Waals surface area contributed by atoms with Crippen molar-refractivity contribution in [2.24, 2.45) is 0 Å². The topological polar surface area (TPSA) is 85.4 Å². The molecule has 0 fully saturated rings. The van der Waals surface area contributed by atoms with Gasteiger partial charge >= 0.3 is 0 Å². The van der Waals surface area contributed by atoms with Crippen LogP contribution in [0, 0.1) is 0 Å². The van der Waals surface area contributed by atoms with Crippen LogP contribution < -0.4 is 5.56 Å². The van der Waals surface area contributed by atoms with Crippen LogP contribution in [-0.2, 0) is 19.5 Å². The summed E-state index contributed by atoms with van der Waals surface area (Å²) in [5.41, 5.74) is 3.43. The quantitative estimate of drug-likeness (QED) is 0.536. The van der Waals surface area contributed by atoms with Gasteiger partial charge in [0.25, 0.3) is 11.5 Å². The van der Waals surface area contributed by atoms with Crippen molar-refractivity contribution in [3.05, 3.63) is 70.3 Å². The molecule has 0 saturated heterocycles. The largest absolute Gasteiger partial charge is 0.333 e. The molecule has 0 spiro atoms. The van der Waals surface area contributed by atoms with Gasteiger partial charge in [-0.3, -0.25) is 14.0 Å². The van der Waals surface area contributed by atoms with E-state index >= 15 is 0 Å². The Labute approximate surface area is 166 Å². The van der Waals surface area contributed by atoms with Gasteiger partial charge < -0.3 is 9.47 Å². The number of aromatic nitrogens is 5. The van der Waals surface area contributed by atoms with E-state index < -0.39 is 0 Å². The number of hydrogen-bond acceptors (Lipinski definition) is 5. The molecule has 8 nitrogen and oxygen atoms in total. The second kappa shape index (κ2) is 6.80. The lowest BCUT2D eigenvalue weighted by molar-refractivity contribution is 0.0722. The van der Waals surface area contributed by atoms with E-state index in [4.69, 9.17) is 0 Å². The molecular weight excluding hydrogens is 368 g/mol. The van der Waals surface area contributed by atoms with Crippen LogP contribution in [0.5, 0.6) is 0 Å². The average Bonchev–Trinajstić information content (AvgIpc) is 3.12. The van der Waals surface area contributed by atoms with Crippen molar-refractivity contribution in [1.82, 2.24) is 28.8 Å². The average molecular weight is 388 g/mol. The Kier molecular flexibility index (Phi) is 4.12. The van der Waals surface area contributed by atoms with Gasteiger partial charge in [0.2, 0.25) is 0 Å². The lowest BCUT2D eigenvalue weighted by Gasteiger charge is -2.28. The SMILES string of the molecule is CCCn1c(C(=O)N2CCc3ncncc3C2)cc2c(=O)n3ccccc3nc21. The molecule has 1 amide bonds. The van der Waals surface area contributed by atoms with Crippen LogP contribution in [0.3, 0.4) is 0 Å². The molecule has 4 aromatic heterocycles. The maximum atomic E-state index is 13.4. The monoisotopic (exact) mass is 388 g/mol. The molecule has 0 aromatic carbocycles. The van der Waals surface area contributed by atoms with Crippen molar-refractivity contribution < 1.29 is 4.79 Å². The van der Waals surface area contributed by atoms with Gasteiger partial charge in [0, 0.05) is 44.0 Å².